The molecule has 5 nitrogen and oxygen atoms in total. The van der Waals surface area contributed by atoms with Crippen molar-refractivity contribution in [2.45, 2.75) is 32.2 Å². The first-order chi connectivity index (χ1) is 10.0. The first kappa shape index (κ1) is 15.8. The Hall–Kier alpha value is -1.59. The molecule has 2 rings (SSSR count). The standard InChI is InChI=1S/C16H24N2O3/c1-12(2)11-21-14-6-4-3-5-13(14)18-15(19)16(17)7-9-20-10-8-16/h3-6,12H,7-11,17H2,1-2H3,(H,18,19). The summed E-state index contributed by atoms with van der Waals surface area (Å²) in [7, 11) is 0. The Balaban J connectivity index is 2.06. The molecular formula is C16H24N2O3. The molecule has 1 heterocycles. The van der Waals surface area contributed by atoms with Crippen molar-refractivity contribution in [2.75, 3.05) is 25.1 Å². The maximum absolute atomic E-state index is 12.4. The van der Waals surface area contributed by atoms with Crippen LogP contribution in [-0.2, 0) is 9.53 Å². The van der Waals surface area contributed by atoms with E-state index < -0.39 is 5.54 Å². The molecule has 0 aliphatic carbocycles. The molecule has 1 amide bonds. The number of hydrogen-bond acceptors (Lipinski definition) is 4. The average molecular weight is 292 g/mol. The first-order valence-corrected chi connectivity index (χ1v) is 7.41. The largest absolute Gasteiger partial charge is 0.491 e. The summed E-state index contributed by atoms with van der Waals surface area (Å²) in [5.41, 5.74) is 6.00. The summed E-state index contributed by atoms with van der Waals surface area (Å²) in [6, 6.07) is 7.43. The molecule has 0 bridgehead atoms. The lowest BCUT2D eigenvalue weighted by Gasteiger charge is -2.32. The summed E-state index contributed by atoms with van der Waals surface area (Å²) in [4.78, 5) is 12.4. The highest BCUT2D eigenvalue weighted by Gasteiger charge is 2.36. The van der Waals surface area contributed by atoms with E-state index >= 15 is 0 Å². The van der Waals surface area contributed by atoms with Crippen LogP contribution >= 0.6 is 0 Å². The lowest BCUT2D eigenvalue weighted by Crippen LogP contribution is -2.54. The number of carbonyl (C=O) groups excluding carboxylic acids is 1. The summed E-state index contributed by atoms with van der Waals surface area (Å²) in [5.74, 6) is 0.923. The molecule has 1 aromatic rings. The average Bonchev–Trinajstić information content (AvgIpc) is 2.47. The maximum atomic E-state index is 12.4. The third-order valence-corrected chi connectivity index (χ3v) is 3.54. The van der Waals surface area contributed by atoms with E-state index in [-0.39, 0.29) is 5.91 Å². The predicted octanol–water partition coefficient (Wildman–Crippen LogP) is 2.17. The number of nitrogens with one attached hydrogen (secondary N) is 1. The zero-order valence-electron chi connectivity index (χ0n) is 12.7. The van der Waals surface area contributed by atoms with Crippen LogP contribution < -0.4 is 15.8 Å². The molecule has 0 spiro atoms. The van der Waals surface area contributed by atoms with E-state index in [2.05, 4.69) is 19.2 Å². The molecular weight excluding hydrogens is 268 g/mol. The normalized spacial score (nSPS) is 17.5. The maximum Gasteiger partial charge on any atom is 0.244 e. The molecule has 0 aromatic heterocycles. The van der Waals surface area contributed by atoms with Gasteiger partial charge >= 0.3 is 0 Å². The van der Waals surface area contributed by atoms with Crippen LogP contribution in [0.1, 0.15) is 26.7 Å². The molecule has 1 aliphatic rings. The SMILES string of the molecule is CC(C)COc1ccccc1NC(=O)C1(N)CCOCC1. The topological polar surface area (TPSA) is 73.6 Å². The number of ether oxygens (including phenoxy) is 2. The smallest absolute Gasteiger partial charge is 0.244 e. The summed E-state index contributed by atoms with van der Waals surface area (Å²) in [6.07, 6.45) is 1.07. The lowest BCUT2D eigenvalue weighted by molar-refractivity contribution is -0.124. The Kier molecular flexibility index (Phi) is 5.20. The summed E-state index contributed by atoms with van der Waals surface area (Å²) in [5, 5.41) is 2.90. The monoisotopic (exact) mass is 292 g/mol. The van der Waals surface area contributed by atoms with Gasteiger partial charge in [-0.25, -0.2) is 0 Å². The number of para-hydroxylation sites is 2. The van der Waals surface area contributed by atoms with E-state index in [1.54, 1.807) is 0 Å². The van der Waals surface area contributed by atoms with Crippen molar-refractivity contribution < 1.29 is 14.3 Å². The predicted molar refractivity (Wildman–Crippen MR) is 82.4 cm³/mol. The molecule has 1 aliphatic heterocycles. The molecule has 5 heteroatoms. The van der Waals surface area contributed by atoms with Gasteiger partial charge in [-0.15, -0.1) is 0 Å². The highest BCUT2D eigenvalue weighted by molar-refractivity contribution is 5.99. The highest BCUT2D eigenvalue weighted by Crippen LogP contribution is 2.27. The second kappa shape index (κ2) is 6.91. The van der Waals surface area contributed by atoms with E-state index in [4.69, 9.17) is 15.2 Å². The van der Waals surface area contributed by atoms with Gasteiger partial charge in [-0.1, -0.05) is 26.0 Å². The van der Waals surface area contributed by atoms with Gasteiger partial charge in [0.15, 0.2) is 0 Å². The van der Waals surface area contributed by atoms with Crippen molar-refractivity contribution in [1.29, 1.82) is 0 Å². The molecule has 21 heavy (non-hydrogen) atoms. The molecule has 1 aromatic carbocycles. The summed E-state index contributed by atoms with van der Waals surface area (Å²) < 4.78 is 11.0. The van der Waals surface area contributed by atoms with Crippen LogP contribution in [0.2, 0.25) is 0 Å². The lowest BCUT2D eigenvalue weighted by atomic mass is 9.90. The third-order valence-electron chi connectivity index (χ3n) is 3.54. The molecule has 116 valence electrons. The Morgan fingerprint density at radius 2 is 2.05 bits per heavy atom. The van der Waals surface area contributed by atoms with Crippen LogP contribution in [0.3, 0.4) is 0 Å². The van der Waals surface area contributed by atoms with Crippen molar-refractivity contribution in [3.8, 4) is 5.75 Å². The van der Waals surface area contributed by atoms with Gasteiger partial charge in [-0.3, -0.25) is 4.79 Å². The van der Waals surface area contributed by atoms with Crippen molar-refractivity contribution in [2.24, 2.45) is 11.7 Å². The number of benzene rings is 1. The van der Waals surface area contributed by atoms with Crippen molar-refractivity contribution in [3.05, 3.63) is 24.3 Å². The number of amides is 1. The Labute approximate surface area is 125 Å². The summed E-state index contributed by atoms with van der Waals surface area (Å²) >= 11 is 0. The van der Waals surface area contributed by atoms with E-state index in [1.165, 1.54) is 0 Å². The van der Waals surface area contributed by atoms with E-state index in [0.29, 0.717) is 50.0 Å². The fourth-order valence-electron chi connectivity index (χ4n) is 2.16. The van der Waals surface area contributed by atoms with E-state index in [0.717, 1.165) is 0 Å². The fourth-order valence-corrected chi connectivity index (χ4v) is 2.16. The van der Waals surface area contributed by atoms with Gasteiger partial charge < -0.3 is 20.5 Å². The molecule has 1 saturated heterocycles. The minimum Gasteiger partial charge on any atom is -0.491 e. The van der Waals surface area contributed by atoms with Crippen molar-refractivity contribution in [1.82, 2.24) is 0 Å². The second-order valence-corrected chi connectivity index (χ2v) is 5.92. The number of anilines is 1. The molecule has 1 fully saturated rings. The van der Waals surface area contributed by atoms with Crippen LogP contribution in [0.15, 0.2) is 24.3 Å². The Bertz CT molecular complexity index is 482. The van der Waals surface area contributed by atoms with Crippen LogP contribution in [0.5, 0.6) is 5.75 Å². The van der Waals surface area contributed by atoms with Crippen molar-refractivity contribution >= 4 is 11.6 Å². The number of rotatable bonds is 5. The van der Waals surface area contributed by atoms with E-state index in [1.807, 2.05) is 24.3 Å². The third kappa shape index (κ3) is 4.19. The number of hydrogen-bond donors (Lipinski definition) is 2. The van der Waals surface area contributed by atoms with Crippen LogP contribution in [-0.4, -0.2) is 31.3 Å². The molecule has 0 saturated carbocycles. The molecule has 0 atom stereocenters. The van der Waals surface area contributed by atoms with E-state index in [9.17, 15) is 4.79 Å². The van der Waals surface area contributed by atoms with Gasteiger partial charge in [0, 0.05) is 13.2 Å². The van der Waals surface area contributed by atoms with Gasteiger partial charge in [0.05, 0.1) is 12.3 Å². The van der Waals surface area contributed by atoms with Gasteiger partial charge in [-0.2, -0.15) is 0 Å². The highest BCUT2D eigenvalue weighted by atomic mass is 16.5. The summed E-state index contributed by atoms with van der Waals surface area (Å²) in [6.45, 7) is 5.82. The van der Waals surface area contributed by atoms with Crippen LogP contribution in [0, 0.1) is 5.92 Å². The molecule has 0 unspecified atom stereocenters. The van der Waals surface area contributed by atoms with Gasteiger partial charge in [0.2, 0.25) is 5.91 Å². The van der Waals surface area contributed by atoms with Crippen LogP contribution in [0.25, 0.3) is 0 Å². The minimum absolute atomic E-state index is 0.175. The molecule has 0 radical (unpaired) electrons. The zero-order valence-corrected chi connectivity index (χ0v) is 12.7. The van der Waals surface area contributed by atoms with Gasteiger partial charge in [-0.05, 0) is 30.9 Å². The Morgan fingerprint density at radius 3 is 2.71 bits per heavy atom. The van der Waals surface area contributed by atoms with Gasteiger partial charge in [0.25, 0.3) is 0 Å². The zero-order chi connectivity index (χ0) is 15.3. The Morgan fingerprint density at radius 1 is 1.38 bits per heavy atom. The van der Waals surface area contributed by atoms with Crippen molar-refractivity contribution in [3.63, 3.8) is 0 Å². The van der Waals surface area contributed by atoms with Gasteiger partial charge in [0.1, 0.15) is 11.3 Å². The quantitative estimate of drug-likeness (QED) is 0.872. The van der Waals surface area contributed by atoms with Crippen LogP contribution in [0.4, 0.5) is 5.69 Å². The fraction of sp³-hybridized carbons (Fsp3) is 0.562. The first-order valence-electron chi connectivity index (χ1n) is 7.41. The molecule has 3 N–H and O–H groups in total. The number of carbonyl (C=O) groups is 1. The minimum atomic E-state index is -0.858. The number of nitrogens with two attached hydrogens (primary N) is 1. The second-order valence-electron chi connectivity index (χ2n) is 5.92.